The Labute approximate surface area is 168 Å². The molecule has 2 fully saturated rings. The summed E-state index contributed by atoms with van der Waals surface area (Å²) in [6.45, 7) is 2.30. The number of hydrogen-bond acceptors (Lipinski definition) is 11. The summed E-state index contributed by atoms with van der Waals surface area (Å²) in [5.74, 6) is -0.437. The summed E-state index contributed by atoms with van der Waals surface area (Å²) in [4.78, 5) is 11.6. The van der Waals surface area contributed by atoms with Crippen LogP contribution in [0.2, 0.25) is 0 Å². The number of aliphatic hydroxyl groups is 5. The van der Waals surface area contributed by atoms with Crippen molar-refractivity contribution < 1.29 is 49.3 Å². The van der Waals surface area contributed by atoms with Crippen molar-refractivity contribution >= 4 is 5.91 Å². The van der Waals surface area contributed by atoms with E-state index in [2.05, 4.69) is 5.32 Å². The number of ether oxygens (including phenoxy) is 4. The van der Waals surface area contributed by atoms with Crippen molar-refractivity contribution in [2.24, 2.45) is 5.73 Å². The molecule has 2 rings (SSSR count). The Morgan fingerprint density at radius 2 is 1.66 bits per heavy atom. The average molecular weight is 424 g/mol. The Morgan fingerprint density at radius 1 is 1.03 bits per heavy atom. The molecule has 10 atom stereocenters. The lowest BCUT2D eigenvalue weighted by molar-refractivity contribution is -0.330. The Kier molecular flexibility index (Phi) is 9.15. The third-order valence-electron chi connectivity index (χ3n) is 4.93. The lowest BCUT2D eigenvalue weighted by atomic mass is 9.95. The highest BCUT2D eigenvalue weighted by molar-refractivity contribution is 5.73. The van der Waals surface area contributed by atoms with Crippen LogP contribution in [-0.2, 0) is 23.7 Å². The molecule has 170 valence electrons. The first-order valence-electron chi connectivity index (χ1n) is 9.61. The number of nitrogens with two attached hydrogens (primary N) is 1. The number of aliphatic hydroxyl groups excluding tert-OH is 5. The minimum atomic E-state index is -1.45. The first-order valence-corrected chi connectivity index (χ1v) is 9.61. The van der Waals surface area contributed by atoms with Crippen molar-refractivity contribution in [3.63, 3.8) is 0 Å². The molecule has 8 N–H and O–H groups in total. The minimum absolute atomic E-state index is 0.302. The van der Waals surface area contributed by atoms with Gasteiger partial charge >= 0.3 is 0 Å². The third-order valence-corrected chi connectivity index (χ3v) is 4.93. The molecule has 12 heteroatoms. The standard InChI is InChI=1S/C17H32N2O10/c1-3-4-26-17-11(19-7(2)22)14(25)15(9(6-21)28-17)29-16-10(18)13(24)12(23)8(5-20)27-16/h8-17,20-21,23-25H,3-6,18H2,1-2H3,(H,19,22)/t8-,9-,10-,11-,12-,13-,14-,15-,16+,17+/m1/s1. The maximum atomic E-state index is 11.6. The number of carbonyl (C=O) groups is 1. The molecule has 1 amide bonds. The summed E-state index contributed by atoms with van der Waals surface area (Å²) in [5.41, 5.74) is 5.87. The van der Waals surface area contributed by atoms with E-state index in [0.29, 0.717) is 13.0 Å². The summed E-state index contributed by atoms with van der Waals surface area (Å²) >= 11 is 0. The van der Waals surface area contributed by atoms with Gasteiger partial charge in [0.15, 0.2) is 12.6 Å². The zero-order chi connectivity index (χ0) is 21.7. The molecular formula is C17H32N2O10. The van der Waals surface area contributed by atoms with E-state index in [-0.39, 0.29) is 0 Å². The van der Waals surface area contributed by atoms with Gasteiger partial charge in [-0.1, -0.05) is 6.92 Å². The van der Waals surface area contributed by atoms with Crippen LogP contribution in [0.25, 0.3) is 0 Å². The number of nitrogens with one attached hydrogen (secondary N) is 1. The highest BCUT2D eigenvalue weighted by Crippen LogP contribution is 2.29. The van der Waals surface area contributed by atoms with Crippen molar-refractivity contribution in [2.75, 3.05) is 19.8 Å². The first-order chi connectivity index (χ1) is 13.7. The van der Waals surface area contributed by atoms with Crippen LogP contribution in [0.3, 0.4) is 0 Å². The topological polar surface area (TPSA) is 193 Å². The fourth-order valence-electron chi connectivity index (χ4n) is 3.38. The number of hydrogen-bond donors (Lipinski definition) is 7. The van der Waals surface area contributed by atoms with E-state index in [1.165, 1.54) is 6.92 Å². The Balaban J connectivity index is 2.19. The predicted molar refractivity (Wildman–Crippen MR) is 96.2 cm³/mol. The average Bonchev–Trinajstić information content (AvgIpc) is 2.69. The van der Waals surface area contributed by atoms with Crippen LogP contribution in [0.15, 0.2) is 0 Å². The van der Waals surface area contributed by atoms with Crippen LogP contribution in [-0.4, -0.2) is 113 Å². The monoisotopic (exact) mass is 424 g/mol. The molecule has 0 spiro atoms. The minimum Gasteiger partial charge on any atom is -0.394 e. The van der Waals surface area contributed by atoms with E-state index in [0.717, 1.165) is 0 Å². The molecule has 2 aliphatic rings. The fourth-order valence-corrected chi connectivity index (χ4v) is 3.38. The van der Waals surface area contributed by atoms with Gasteiger partial charge < -0.3 is 55.5 Å². The second-order valence-corrected chi connectivity index (χ2v) is 7.20. The molecule has 2 aliphatic heterocycles. The molecule has 0 radical (unpaired) electrons. The molecule has 0 aliphatic carbocycles. The highest BCUT2D eigenvalue weighted by Gasteiger charge is 2.50. The summed E-state index contributed by atoms with van der Waals surface area (Å²) in [6.07, 6.45) is -9.35. The lowest BCUT2D eigenvalue weighted by Gasteiger charge is -2.47. The van der Waals surface area contributed by atoms with E-state index >= 15 is 0 Å². The normalized spacial score (nSPS) is 43.2. The first kappa shape index (κ1) is 24.3. The highest BCUT2D eigenvalue weighted by atomic mass is 16.7. The maximum Gasteiger partial charge on any atom is 0.217 e. The summed E-state index contributed by atoms with van der Waals surface area (Å²) < 4.78 is 22.3. The largest absolute Gasteiger partial charge is 0.394 e. The van der Waals surface area contributed by atoms with Gasteiger partial charge in [-0.25, -0.2) is 0 Å². The van der Waals surface area contributed by atoms with Crippen LogP contribution >= 0.6 is 0 Å². The molecular weight excluding hydrogens is 392 g/mol. The quantitative estimate of drug-likeness (QED) is 0.202. The number of carbonyl (C=O) groups excluding carboxylic acids is 1. The molecule has 0 aromatic rings. The van der Waals surface area contributed by atoms with Crippen LogP contribution in [0.1, 0.15) is 20.3 Å². The number of rotatable bonds is 8. The molecule has 12 nitrogen and oxygen atoms in total. The van der Waals surface area contributed by atoms with E-state index < -0.39 is 80.4 Å². The summed E-state index contributed by atoms with van der Waals surface area (Å²) in [6, 6.07) is -2.21. The van der Waals surface area contributed by atoms with E-state index in [9.17, 15) is 30.3 Å². The van der Waals surface area contributed by atoms with Gasteiger partial charge in [-0.3, -0.25) is 4.79 Å². The molecule has 0 unspecified atom stereocenters. The molecule has 2 heterocycles. The van der Waals surface area contributed by atoms with Crippen molar-refractivity contribution in [2.45, 2.75) is 81.6 Å². The van der Waals surface area contributed by atoms with E-state index in [4.69, 9.17) is 24.7 Å². The van der Waals surface area contributed by atoms with Crippen LogP contribution in [0.5, 0.6) is 0 Å². The Hall–Kier alpha value is -0.930. The molecule has 29 heavy (non-hydrogen) atoms. The molecule has 0 aromatic heterocycles. The smallest absolute Gasteiger partial charge is 0.217 e. The van der Waals surface area contributed by atoms with Crippen molar-refractivity contribution in [1.82, 2.24) is 5.32 Å². The third kappa shape index (κ3) is 5.61. The SMILES string of the molecule is CCCO[C@H]1O[C@H](CO)[C@@H](O[C@@H]2O[C@H](CO)[C@@H](O)[C@H](O)[C@H]2N)[C@H](O)[C@H]1NC(C)=O. The second kappa shape index (κ2) is 10.9. The van der Waals surface area contributed by atoms with Crippen LogP contribution in [0, 0.1) is 0 Å². The van der Waals surface area contributed by atoms with E-state index in [1.54, 1.807) is 0 Å². The molecule has 2 saturated heterocycles. The fraction of sp³-hybridized carbons (Fsp3) is 0.941. The predicted octanol–water partition coefficient (Wildman–Crippen LogP) is -3.85. The maximum absolute atomic E-state index is 11.6. The van der Waals surface area contributed by atoms with Crippen molar-refractivity contribution in [3.8, 4) is 0 Å². The van der Waals surface area contributed by atoms with Gasteiger partial charge in [0.2, 0.25) is 5.91 Å². The Morgan fingerprint density at radius 3 is 2.21 bits per heavy atom. The van der Waals surface area contributed by atoms with Gasteiger partial charge in [0.25, 0.3) is 0 Å². The van der Waals surface area contributed by atoms with Gasteiger partial charge in [0.1, 0.15) is 42.7 Å². The number of amides is 1. The van der Waals surface area contributed by atoms with Gasteiger partial charge in [-0.15, -0.1) is 0 Å². The summed E-state index contributed by atoms with van der Waals surface area (Å²) in [5, 5.41) is 52.4. The van der Waals surface area contributed by atoms with Gasteiger partial charge in [0.05, 0.1) is 19.3 Å². The van der Waals surface area contributed by atoms with Gasteiger partial charge in [0, 0.05) is 13.5 Å². The van der Waals surface area contributed by atoms with Crippen LogP contribution in [0.4, 0.5) is 0 Å². The Bertz CT molecular complexity index is 524. The van der Waals surface area contributed by atoms with Crippen molar-refractivity contribution in [3.05, 3.63) is 0 Å². The van der Waals surface area contributed by atoms with Crippen molar-refractivity contribution in [1.29, 1.82) is 0 Å². The van der Waals surface area contributed by atoms with Crippen LogP contribution < -0.4 is 11.1 Å². The van der Waals surface area contributed by atoms with Gasteiger partial charge in [-0.2, -0.15) is 0 Å². The molecule has 0 bridgehead atoms. The lowest BCUT2D eigenvalue weighted by Crippen LogP contribution is -2.68. The van der Waals surface area contributed by atoms with E-state index in [1.807, 2.05) is 6.92 Å². The molecule has 0 aromatic carbocycles. The second-order valence-electron chi connectivity index (χ2n) is 7.20. The zero-order valence-electron chi connectivity index (χ0n) is 16.5. The molecule has 0 saturated carbocycles. The van der Waals surface area contributed by atoms with Gasteiger partial charge in [-0.05, 0) is 6.42 Å². The zero-order valence-corrected chi connectivity index (χ0v) is 16.5. The summed E-state index contributed by atoms with van der Waals surface area (Å²) in [7, 11) is 0.